The number of aliphatic hydroxyl groups excluding tert-OH is 1. The van der Waals surface area contributed by atoms with E-state index in [4.69, 9.17) is 5.26 Å². The summed E-state index contributed by atoms with van der Waals surface area (Å²) in [6.45, 7) is 1.91. The van der Waals surface area contributed by atoms with Gasteiger partial charge in [0.1, 0.15) is 17.3 Å². The molecule has 0 aromatic carbocycles. The number of anilines is 2. The van der Waals surface area contributed by atoms with Crippen LogP contribution in [0, 0.1) is 18.3 Å². The number of aryl methyl sites for hydroxylation is 1. The minimum absolute atomic E-state index is 0.00663. The van der Waals surface area contributed by atoms with E-state index in [1.54, 1.807) is 25.3 Å². The summed E-state index contributed by atoms with van der Waals surface area (Å²) in [6, 6.07) is 7.06. The van der Waals surface area contributed by atoms with E-state index >= 15 is 0 Å². The minimum atomic E-state index is -4.47. The summed E-state index contributed by atoms with van der Waals surface area (Å²) in [4.78, 5) is 8.25. The van der Waals surface area contributed by atoms with Gasteiger partial charge in [-0.2, -0.15) is 18.4 Å². The van der Waals surface area contributed by atoms with Crippen LogP contribution < -0.4 is 5.32 Å². The van der Waals surface area contributed by atoms with E-state index in [2.05, 4.69) is 25.6 Å². The van der Waals surface area contributed by atoms with Gasteiger partial charge in [0.15, 0.2) is 0 Å². The van der Waals surface area contributed by atoms with Gasteiger partial charge in [-0.25, -0.2) is 14.6 Å². The van der Waals surface area contributed by atoms with E-state index in [0.717, 1.165) is 23.9 Å². The van der Waals surface area contributed by atoms with Crippen LogP contribution in [0.4, 0.5) is 24.8 Å². The number of aliphatic hydroxyl groups is 1. The Bertz CT molecular complexity index is 1040. The highest BCUT2D eigenvalue weighted by atomic mass is 19.4. The zero-order valence-corrected chi connectivity index (χ0v) is 15.2. The third-order valence-electron chi connectivity index (χ3n) is 3.84. The fourth-order valence-electron chi connectivity index (χ4n) is 2.56. The molecular formula is C18H16F3N7O. The van der Waals surface area contributed by atoms with Crippen LogP contribution in [0.2, 0.25) is 0 Å². The molecule has 2 N–H and O–H groups in total. The first-order valence-electron chi connectivity index (χ1n) is 8.49. The van der Waals surface area contributed by atoms with E-state index < -0.39 is 17.8 Å². The molecule has 0 spiro atoms. The van der Waals surface area contributed by atoms with Gasteiger partial charge in [-0.1, -0.05) is 5.21 Å². The smallest absolute Gasteiger partial charge is 0.390 e. The number of hydrogen-bond donors (Lipinski definition) is 2. The van der Waals surface area contributed by atoms with Crippen LogP contribution in [0.15, 0.2) is 36.7 Å². The fraction of sp³-hybridized carbons (Fsp3) is 0.278. The second-order valence-electron chi connectivity index (χ2n) is 6.31. The van der Waals surface area contributed by atoms with Crippen LogP contribution in [0.5, 0.6) is 0 Å². The second kappa shape index (κ2) is 8.24. The monoisotopic (exact) mass is 403 g/mol. The van der Waals surface area contributed by atoms with Gasteiger partial charge >= 0.3 is 6.18 Å². The van der Waals surface area contributed by atoms with Gasteiger partial charge in [-0.15, -0.1) is 5.10 Å². The number of nitrogens with zero attached hydrogens (tertiary/aromatic N) is 6. The van der Waals surface area contributed by atoms with Crippen LogP contribution in [0.25, 0.3) is 11.4 Å². The molecule has 3 rings (SSSR count). The Morgan fingerprint density at radius 1 is 1.24 bits per heavy atom. The van der Waals surface area contributed by atoms with Crippen LogP contribution >= 0.6 is 0 Å². The van der Waals surface area contributed by atoms with E-state index in [9.17, 15) is 18.3 Å². The number of halogens is 3. The first-order chi connectivity index (χ1) is 13.7. The quantitative estimate of drug-likeness (QED) is 0.650. The normalized spacial score (nSPS) is 12.4. The predicted octanol–water partition coefficient (Wildman–Crippen LogP) is 3.08. The first kappa shape index (κ1) is 20.2. The summed E-state index contributed by atoms with van der Waals surface area (Å²) < 4.78 is 40.0. The Labute approximate surface area is 163 Å². The van der Waals surface area contributed by atoms with Gasteiger partial charge in [-0.05, 0) is 36.8 Å². The standard InChI is InChI=1S/C18H16F3N7O/c1-11-6-14(15-10-28(27-26-15)9-13(29)2-4-22)24-17(7-11)25-16-8-12(3-5-23-16)18(19,20)21/h3,5-8,10,13,29H,2,9H2,1H3,(H,23,24,25)/t13-/m1/s1. The average Bonchev–Trinajstić information content (AvgIpc) is 3.09. The van der Waals surface area contributed by atoms with Crippen molar-refractivity contribution < 1.29 is 18.3 Å². The number of hydrogen-bond acceptors (Lipinski definition) is 7. The Balaban J connectivity index is 1.82. The van der Waals surface area contributed by atoms with Crippen molar-refractivity contribution in [3.05, 3.63) is 47.8 Å². The third kappa shape index (κ3) is 5.26. The molecule has 8 nitrogen and oxygen atoms in total. The summed E-state index contributed by atoms with van der Waals surface area (Å²) in [5, 5.41) is 29.0. The molecule has 0 bridgehead atoms. The van der Waals surface area contributed by atoms with Gasteiger partial charge in [0, 0.05) is 6.20 Å². The van der Waals surface area contributed by atoms with Gasteiger partial charge in [0.05, 0.1) is 42.6 Å². The minimum Gasteiger partial charge on any atom is -0.390 e. The molecule has 0 aliphatic rings. The molecule has 0 aliphatic carbocycles. The van der Waals surface area contributed by atoms with E-state index in [-0.39, 0.29) is 18.8 Å². The molecule has 3 heterocycles. The van der Waals surface area contributed by atoms with Crippen LogP contribution in [0.3, 0.4) is 0 Å². The molecule has 0 saturated heterocycles. The summed E-state index contributed by atoms with van der Waals surface area (Å²) >= 11 is 0. The summed E-state index contributed by atoms with van der Waals surface area (Å²) in [7, 11) is 0. The largest absolute Gasteiger partial charge is 0.416 e. The second-order valence-corrected chi connectivity index (χ2v) is 6.31. The van der Waals surface area contributed by atoms with E-state index in [1.165, 1.54) is 4.68 Å². The molecule has 1 atom stereocenters. The first-order valence-corrected chi connectivity index (χ1v) is 8.49. The lowest BCUT2D eigenvalue weighted by Crippen LogP contribution is -2.15. The number of pyridine rings is 2. The summed E-state index contributed by atoms with van der Waals surface area (Å²) in [5.41, 5.74) is 0.837. The zero-order valence-electron chi connectivity index (χ0n) is 15.2. The average molecular weight is 403 g/mol. The summed E-state index contributed by atoms with van der Waals surface area (Å²) in [5.74, 6) is 0.304. The number of alkyl halides is 3. The lowest BCUT2D eigenvalue weighted by atomic mass is 10.2. The maximum absolute atomic E-state index is 12.9. The molecule has 0 fully saturated rings. The van der Waals surface area contributed by atoms with E-state index in [0.29, 0.717) is 17.2 Å². The Hall–Kier alpha value is -3.52. The molecule has 29 heavy (non-hydrogen) atoms. The maximum Gasteiger partial charge on any atom is 0.416 e. The molecule has 0 unspecified atom stereocenters. The maximum atomic E-state index is 12.9. The van der Waals surface area contributed by atoms with Gasteiger partial charge in [-0.3, -0.25) is 0 Å². The van der Waals surface area contributed by atoms with Crippen molar-refractivity contribution in [3.8, 4) is 17.5 Å². The summed E-state index contributed by atoms with van der Waals surface area (Å²) in [6.07, 6.45) is -2.74. The number of rotatable bonds is 6. The highest BCUT2D eigenvalue weighted by molar-refractivity contribution is 5.61. The lowest BCUT2D eigenvalue weighted by Gasteiger charge is -2.10. The molecule has 3 aromatic rings. The van der Waals surface area contributed by atoms with Crippen molar-refractivity contribution in [1.82, 2.24) is 25.0 Å². The molecule has 3 aromatic heterocycles. The fourth-order valence-corrected chi connectivity index (χ4v) is 2.56. The van der Waals surface area contributed by atoms with Crippen molar-refractivity contribution >= 4 is 11.6 Å². The van der Waals surface area contributed by atoms with Gasteiger partial charge in [0.25, 0.3) is 0 Å². The molecule has 150 valence electrons. The van der Waals surface area contributed by atoms with Crippen molar-refractivity contribution in [3.63, 3.8) is 0 Å². The topological polar surface area (TPSA) is 113 Å². The Kier molecular flexibility index (Phi) is 5.74. The van der Waals surface area contributed by atoms with Crippen LogP contribution in [-0.4, -0.2) is 36.2 Å². The number of nitriles is 1. The van der Waals surface area contributed by atoms with Crippen molar-refractivity contribution in [2.24, 2.45) is 0 Å². The molecule has 11 heteroatoms. The molecule has 0 radical (unpaired) electrons. The molecular weight excluding hydrogens is 387 g/mol. The number of aromatic nitrogens is 5. The predicted molar refractivity (Wildman–Crippen MR) is 96.7 cm³/mol. The third-order valence-corrected chi connectivity index (χ3v) is 3.84. The van der Waals surface area contributed by atoms with Crippen LogP contribution in [-0.2, 0) is 12.7 Å². The lowest BCUT2D eigenvalue weighted by molar-refractivity contribution is -0.137. The molecule has 0 saturated carbocycles. The van der Waals surface area contributed by atoms with Gasteiger partial charge in [0.2, 0.25) is 0 Å². The van der Waals surface area contributed by atoms with Crippen molar-refractivity contribution in [1.29, 1.82) is 5.26 Å². The van der Waals surface area contributed by atoms with Crippen molar-refractivity contribution in [2.45, 2.75) is 32.2 Å². The van der Waals surface area contributed by atoms with Gasteiger partial charge < -0.3 is 10.4 Å². The zero-order chi connectivity index (χ0) is 21.0. The molecule has 0 amide bonds. The number of nitrogens with one attached hydrogen (secondary N) is 1. The highest BCUT2D eigenvalue weighted by Gasteiger charge is 2.30. The highest BCUT2D eigenvalue weighted by Crippen LogP contribution is 2.30. The Morgan fingerprint density at radius 3 is 2.76 bits per heavy atom. The Morgan fingerprint density at radius 2 is 2.03 bits per heavy atom. The molecule has 0 aliphatic heterocycles. The SMILES string of the molecule is Cc1cc(Nc2cc(C(F)(F)F)ccn2)nc(-c2cn(C[C@H](O)CC#N)nn2)c1. The van der Waals surface area contributed by atoms with Crippen molar-refractivity contribution in [2.75, 3.05) is 5.32 Å². The van der Waals surface area contributed by atoms with Crippen LogP contribution in [0.1, 0.15) is 17.5 Å². The van der Waals surface area contributed by atoms with E-state index in [1.807, 2.05) is 6.07 Å².